The molecule has 0 radical (unpaired) electrons. The van der Waals surface area contributed by atoms with Gasteiger partial charge in [-0.25, -0.2) is 4.79 Å². The molecule has 5 nitrogen and oxygen atoms in total. The van der Waals surface area contributed by atoms with Gasteiger partial charge < -0.3 is 5.11 Å². The van der Waals surface area contributed by atoms with Crippen molar-refractivity contribution in [2.75, 3.05) is 5.32 Å². The number of carboxylic acid groups (broad SMARTS) is 1. The average molecular weight is 220 g/mol. The molecule has 0 saturated carbocycles. The van der Waals surface area contributed by atoms with Crippen LogP contribution in [-0.4, -0.2) is 21.0 Å². The molecule has 0 atom stereocenters. The van der Waals surface area contributed by atoms with Crippen LogP contribution >= 0.6 is 15.9 Å². The van der Waals surface area contributed by atoms with E-state index in [1.165, 1.54) is 10.9 Å². The van der Waals surface area contributed by atoms with Gasteiger partial charge in [0.25, 0.3) is 0 Å². The van der Waals surface area contributed by atoms with Gasteiger partial charge in [0.05, 0.1) is 10.7 Å². The van der Waals surface area contributed by atoms with Crippen LogP contribution in [-0.2, 0) is 7.05 Å². The second-order valence-corrected chi connectivity index (χ2v) is 2.75. The topological polar surface area (TPSA) is 67.2 Å². The number of amides is 1. The number of hydrogen-bond donors (Lipinski definition) is 2. The van der Waals surface area contributed by atoms with Crippen LogP contribution in [0, 0.1) is 0 Å². The van der Waals surface area contributed by atoms with Gasteiger partial charge in [-0.05, 0) is 15.9 Å². The second kappa shape index (κ2) is 2.91. The predicted molar refractivity (Wildman–Crippen MR) is 42.6 cm³/mol. The minimum Gasteiger partial charge on any atom is -0.465 e. The summed E-state index contributed by atoms with van der Waals surface area (Å²) >= 11 is 3.14. The molecule has 0 unspecified atom stereocenters. The van der Waals surface area contributed by atoms with Crippen LogP contribution in [0.3, 0.4) is 0 Å². The van der Waals surface area contributed by atoms with Gasteiger partial charge in [-0.3, -0.25) is 10.00 Å². The number of halogens is 1. The van der Waals surface area contributed by atoms with E-state index in [9.17, 15) is 4.79 Å². The van der Waals surface area contributed by atoms with Crippen molar-refractivity contribution < 1.29 is 9.90 Å². The molecule has 1 aromatic rings. The maximum Gasteiger partial charge on any atom is 0.410 e. The first-order valence-corrected chi connectivity index (χ1v) is 3.58. The Balaban J connectivity index is 2.92. The Morgan fingerprint density at radius 3 is 2.91 bits per heavy atom. The molecule has 11 heavy (non-hydrogen) atoms. The van der Waals surface area contributed by atoms with Crippen LogP contribution in [0.4, 0.5) is 10.6 Å². The minimum atomic E-state index is -1.10. The number of aromatic nitrogens is 2. The highest BCUT2D eigenvalue weighted by Crippen LogP contribution is 2.19. The molecular weight excluding hydrogens is 214 g/mol. The number of nitrogens with zero attached hydrogens (tertiary/aromatic N) is 2. The predicted octanol–water partition coefficient (Wildman–Crippen LogP) is 1.27. The Hall–Kier alpha value is -1.04. The fourth-order valence-corrected chi connectivity index (χ4v) is 1.10. The SMILES string of the molecule is Cn1ncc(Br)c1NC(=O)O. The summed E-state index contributed by atoms with van der Waals surface area (Å²) in [4.78, 5) is 10.2. The van der Waals surface area contributed by atoms with E-state index in [0.717, 1.165) is 0 Å². The van der Waals surface area contributed by atoms with E-state index in [0.29, 0.717) is 10.3 Å². The third kappa shape index (κ3) is 1.70. The summed E-state index contributed by atoms with van der Waals surface area (Å²) in [6, 6.07) is 0. The molecule has 1 heterocycles. The Bertz CT molecular complexity index is 264. The maximum atomic E-state index is 10.2. The summed E-state index contributed by atoms with van der Waals surface area (Å²) in [5.74, 6) is 0.428. The molecule has 0 fully saturated rings. The first-order chi connectivity index (χ1) is 5.11. The Kier molecular flexibility index (Phi) is 2.13. The molecule has 0 aliphatic carbocycles. The highest BCUT2D eigenvalue weighted by molar-refractivity contribution is 9.10. The van der Waals surface area contributed by atoms with Crippen LogP contribution in [0.1, 0.15) is 0 Å². The molecule has 1 rings (SSSR count). The van der Waals surface area contributed by atoms with Crippen LogP contribution < -0.4 is 5.32 Å². The van der Waals surface area contributed by atoms with E-state index in [-0.39, 0.29) is 0 Å². The Morgan fingerprint density at radius 1 is 1.91 bits per heavy atom. The number of nitrogens with one attached hydrogen (secondary N) is 1. The quantitative estimate of drug-likeness (QED) is 0.748. The van der Waals surface area contributed by atoms with Crippen molar-refractivity contribution in [3.05, 3.63) is 10.7 Å². The van der Waals surface area contributed by atoms with E-state index in [1.807, 2.05) is 0 Å². The lowest BCUT2D eigenvalue weighted by Gasteiger charge is -2.00. The van der Waals surface area contributed by atoms with Gasteiger partial charge in [0.15, 0.2) is 0 Å². The van der Waals surface area contributed by atoms with Crippen LogP contribution in [0.25, 0.3) is 0 Å². The van der Waals surface area contributed by atoms with Crippen molar-refractivity contribution in [1.82, 2.24) is 9.78 Å². The first kappa shape index (κ1) is 8.06. The van der Waals surface area contributed by atoms with Gasteiger partial charge in [0.2, 0.25) is 0 Å². The van der Waals surface area contributed by atoms with Gasteiger partial charge in [-0.15, -0.1) is 0 Å². The molecule has 0 aromatic carbocycles. The number of aryl methyl sites for hydroxylation is 1. The van der Waals surface area contributed by atoms with Gasteiger partial charge in [0.1, 0.15) is 5.82 Å². The monoisotopic (exact) mass is 219 g/mol. The number of carbonyl (C=O) groups is 1. The zero-order valence-corrected chi connectivity index (χ0v) is 7.29. The van der Waals surface area contributed by atoms with Crippen LogP contribution in [0.15, 0.2) is 10.7 Å². The van der Waals surface area contributed by atoms with Gasteiger partial charge in [-0.2, -0.15) is 5.10 Å². The second-order valence-electron chi connectivity index (χ2n) is 1.89. The fourth-order valence-electron chi connectivity index (χ4n) is 0.653. The van der Waals surface area contributed by atoms with E-state index >= 15 is 0 Å². The van der Waals surface area contributed by atoms with Gasteiger partial charge >= 0.3 is 6.09 Å². The Morgan fingerprint density at radius 2 is 2.55 bits per heavy atom. The van der Waals surface area contributed by atoms with Crippen molar-refractivity contribution in [3.63, 3.8) is 0 Å². The normalized spacial score (nSPS) is 9.64. The summed E-state index contributed by atoms with van der Waals surface area (Å²) in [6.07, 6.45) is 0.417. The molecule has 0 aliphatic rings. The number of hydrogen-bond acceptors (Lipinski definition) is 2. The highest BCUT2D eigenvalue weighted by Gasteiger charge is 2.07. The third-order valence-corrected chi connectivity index (χ3v) is 1.70. The molecule has 0 aliphatic heterocycles. The summed E-state index contributed by atoms with van der Waals surface area (Å²) < 4.78 is 2.06. The first-order valence-electron chi connectivity index (χ1n) is 2.78. The van der Waals surface area contributed by atoms with Gasteiger partial charge in [-0.1, -0.05) is 0 Å². The molecule has 60 valence electrons. The van der Waals surface area contributed by atoms with Crippen molar-refractivity contribution >= 4 is 27.8 Å². The molecule has 0 saturated heterocycles. The van der Waals surface area contributed by atoms with E-state index in [2.05, 4.69) is 26.3 Å². The third-order valence-electron chi connectivity index (χ3n) is 1.12. The minimum absolute atomic E-state index is 0.428. The molecule has 6 heteroatoms. The molecule has 0 spiro atoms. The van der Waals surface area contributed by atoms with Crippen molar-refractivity contribution in [3.8, 4) is 0 Å². The molecule has 2 N–H and O–H groups in total. The zero-order valence-electron chi connectivity index (χ0n) is 5.71. The van der Waals surface area contributed by atoms with Crippen LogP contribution in [0.5, 0.6) is 0 Å². The smallest absolute Gasteiger partial charge is 0.410 e. The molecule has 1 amide bonds. The largest absolute Gasteiger partial charge is 0.465 e. The summed E-state index contributed by atoms with van der Waals surface area (Å²) in [5, 5.41) is 14.4. The van der Waals surface area contributed by atoms with Crippen molar-refractivity contribution in [1.29, 1.82) is 0 Å². The standard InChI is InChI=1S/C5H6BrN3O2/c1-9-4(8-5(10)11)3(6)2-7-9/h2,8H,1H3,(H,10,11). The molecule has 1 aromatic heterocycles. The highest BCUT2D eigenvalue weighted by atomic mass is 79.9. The van der Waals surface area contributed by atoms with Crippen molar-refractivity contribution in [2.45, 2.75) is 0 Å². The number of anilines is 1. The Labute approximate surface area is 71.1 Å². The van der Waals surface area contributed by atoms with E-state index in [1.54, 1.807) is 7.05 Å². The summed E-state index contributed by atoms with van der Waals surface area (Å²) in [6.45, 7) is 0. The van der Waals surface area contributed by atoms with E-state index in [4.69, 9.17) is 5.11 Å². The fraction of sp³-hybridized carbons (Fsp3) is 0.200. The molecular formula is C5H6BrN3O2. The maximum absolute atomic E-state index is 10.2. The van der Waals surface area contributed by atoms with Crippen molar-refractivity contribution in [2.24, 2.45) is 7.05 Å². The zero-order chi connectivity index (χ0) is 8.43. The average Bonchev–Trinajstić information content (AvgIpc) is 2.18. The molecule has 0 bridgehead atoms. The summed E-state index contributed by atoms with van der Waals surface area (Å²) in [5.41, 5.74) is 0. The van der Waals surface area contributed by atoms with Crippen LogP contribution in [0.2, 0.25) is 0 Å². The lowest BCUT2D eigenvalue weighted by Crippen LogP contribution is -2.11. The lowest BCUT2D eigenvalue weighted by molar-refractivity contribution is 0.209. The summed E-state index contributed by atoms with van der Waals surface area (Å²) in [7, 11) is 1.65. The lowest BCUT2D eigenvalue weighted by atomic mass is 10.6. The van der Waals surface area contributed by atoms with E-state index < -0.39 is 6.09 Å². The number of rotatable bonds is 1. The van der Waals surface area contributed by atoms with Gasteiger partial charge in [0, 0.05) is 7.05 Å².